The lowest BCUT2D eigenvalue weighted by molar-refractivity contribution is 0.0526. The maximum Gasteiger partial charge on any atom is 0.367 e. The van der Waals surface area contributed by atoms with Gasteiger partial charge in [0.15, 0.2) is 0 Å². The Hall–Kier alpha value is -1.75. The Morgan fingerprint density at radius 1 is 1.39 bits per heavy atom. The highest BCUT2D eigenvalue weighted by atomic mass is 32.1. The first-order chi connectivity index (χ1) is 8.61. The van der Waals surface area contributed by atoms with Gasteiger partial charge in [-0.15, -0.1) is 11.3 Å². The van der Waals surface area contributed by atoms with E-state index in [1.807, 2.05) is 6.92 Å². The van der Waals surface area contributed by atoms with E-state index in [2.05, 4.69) is 4.98 Å². The summed E-state index contributed by atoms with van der Waals surface area (Å²) >= 11 is 1.28. The van der Waals surface area contributed by atoms with Crippen molar-refractivity contribution >= 4 is 17.3 Å². The normalized spacial score (nSPS) is 10.4. The number of hydrogen-bond donors (Lipinski definition) is 0. The lowest BCUT2D eigenvalue weighted by Crippen LogP contribution is -2.03. The highest BCUT2D eigenvalue weighted by molar-refractivity contribution is 7.13. The molecule has 0 fully saturated rings. The van der Waals surface area contributed by atoms with E-state index < -0.39 is 5.97 Å². The molecule has 0 unspecified atom stereocenters. The average Bonchev–Trinajstić information content (AvgIpc) is 2.73. The van der Waals surface area contributed by atoms with Crippen molar-refractivity contribution in [3.8, 4) is 11.3 Å². The van der Waals surface area contributed by atoms with Crippen molar-refractivity contribution in [2.45, 2.75) is 13.8 Å². The molecule has 0 amide bonds. The van der Waals surface area contributed by atoms with Gasteiger partial charge in [-0.05, 0) is 38.1 Å². The summed E-state index contributed by atoms with van der Waals surface area (Å²) in [5, 5.41) is 0.327. The van der Waals surface area contributed by atoms with Gasteiger partial charge in [-0.3, -0.25) is 0 Å². The Morgan fingerprint density at radius 2 is 2.06 bits per heavy atom. The molecule has 1 heterocycles. The lowest BCUT2D eigenvalue weighted by atomic mass is 10.1. The molecular weight excluding hydrogens is 253 g/mol. The first kappa shape index (κ1) is 12.7. The number of carbonyl (C=O) groups is 1. The summed E-state index contributed by atoms with van der Waals surface area (Å²) in [6, 6.07) is 6.04. The van der Waals surface area contributed by atoms with Crippen molar-refractivity contribution in [2.24, 2.45) is 0 Å². The number of hydrogen-bond acceptors (Lipinski definition) is 4. The van der Waals surface area contributed by atoms with Crippen LogP contribution in [0.25, 0.3) is 11.3 Å². The van der Waals surface area contributed by atoms with Gasteiger partial charge in [0.1, 0.15) is 5.82 Å². The molecule has 0 aliphatic heterocycles. The molecule has 0 spiro atoms. The predicted octanol–water partition coefficient (Wildman–Crippen LogP) is 3.43. The van der Waals surface area contributed by atoms with E-state index in [0.717, 1.165) is 10.4 Å². The quantitative estimate of drug-likeness (QED) is 0.798. The Labute approximate surface area is 108 Å². The molecule has 0 radical (unpaired) electrons. The molecule has 1 aromatic carbocycles. The van der Waals surface area contributed by atoms with Crippen LogP contribution in [-0.4, -0.2) is 17.6 Å². The third-order valence-corrected chi connectivity index (χ3v) is 3.32. The highest BCUT2D eigenvalue weighted by Gasteiger charge is 2.16. The number of aromatic nitrogens is 1. The lowest BCUT2D eigenvalue weighted by Gasteiger charge is -1.98. The van der Waals surface area contributed by atoms with Gasteiger partial charge < -0.3 is 4.74 Å². The van der Waals surface area contributed by atoms with E-state index in [4.69, 9.17) is 4.74 Å². The first-order valence-electron chi connectivity index (χ1n) is 5.52. The van der Waals surface area contributed by atoms with Crippen molar-refractivity contribution in [3.05, 3.63) is 40.0 Å². The van der Waals surface area contributed by atoms with Crippen LogP contribution < -0.4 is 0 Å². The first-order valence-corrected chi connectivity index (χ1v) is 6.34. The van der Waals surface area contributed by atoms with Crippen LogP contribution in [0.15, 0.2) is 24.3 Å². The molecule has 0 atom stereocenters. The number of nitrogens with zero attached hydrogens (tertiary/aromatic N) is 1. The zero-order valence-corrected chi connectivity index (χ0v) is 10.9. The summed E-state index contributed by atoms with van der Waals surface area (Å²) in [6.45, 7) is 3.95. The summed E-state index contributed by atoms with van der Waals surface area (Å²) in [5.41, 5.74) is 1.49. The van der Waals surface area contributed by atoms with Gasteiger partial charge in [-0.1, -0.05) is 0 Å². The fourth-order valence-electron chi connectivity index (χ4n) is 1.55. The van der Waals surface area contributed by atoms with E-state index in [1.165, 1.54) is 23.5 Å². The summed E-state index contributed by atoms with van der Waals surface area (Å²) in [5.74, 6) is -0.712. The van der Waals surface area contributed by atoms with Crippen molar-refractivity contribution in [3.63, 3.8) is 0 Å². The Morgan fingerprint density at radius 3 is 2.67 bits per heavy atom. The molecule has 0 aliphatic rings. The van der Waals surface area contributed by atoms with Crippen LogP contribution in [0, 0.1) is 12.7 Å². The Bertz CT molecular complexity index is 563. The largest absolute Gasteiger partial charge is 0.461 e. The molecule has 94 valence electrons. The van der Waals surface area contributed by atoms with E-state index >= 15 is 0 Å². The zero-order valence-electron chi connectivity index (χ0n) is 10.1. The molecule has 0 aliphatic carbocycles. The number of aryl methyl sites for hydroxylation is 1. The van der Waals surface area contributed by atoms with Gasteiger partial charge >= 0.3 is 5.97 Å². The van der Waals surface area contributed by atoms with Crippen LogP contribution in [0.4, 0.5) is 4.39 Å². The molecule has 3 nitrogen and oxygen atoms in total. The summed E-state index contributed by atoms with van der Waals surface area (Å²) in [4.78, 5) is 16.7. The number of halogens is 1. The third-order valence-electron chi connectivity index (χ3n) is 2.36. The minimum atomic E-state index is -0.418. The fourth-order valence-corrected chi connectivity index (χ4v) is 2.38. The van der Waals surface area contributed by atoms with Crippen LogP contribution in [0.1, 0.15) is 21.6 Å². The molecule has 18 heavy (non-hydrogen) atoms. The molecule has 0 N–H and O–H groups in total. The van der Waals surface area contributed by atoms with Crippen molar-refractivity contribution in [2.75, 3.05) is 6.61 Å². The van der Waals surface area contributed by atoms with Crippen LogP contribution in [0.3, 0.4) is 0 Å². The maximum absolute atomic E-state index is 12.8. The van der Waals surface area contributed by atoms with Gasteiger partial charge in [-0.2, -0.15) is 0 Å². The van der Waals surface area contributed by atoms with Gasteiger partial charge in [0, 0.05) is 10.4 Å². The fraction of sp³-hybridized carbons (Fsp3) is 0.231. The standard InChI is InChI=1S/C13H12FNO2S/c1-3-17-13(16)12-15-11(8(2)18-12)9-4-6-10(14)7-5-9/h4-7H,3H2,1-2H3. The van der Waals surface area contributed by atoms with Crippen LogP contribution in [0.2, 0.25) is 0 Å². The summed E-state index contributed by atoms with van der Waals surface area (Å²) < 4.78 is 17.7. The number of thiazole rings is 1. The van der Waals surface area contributed by atoms with Gasteiger partial charge in [0.2, 0.25) is 5.01 Å². The molecule has 2 rings (SSSR count). The van der Waals surface area contributed by atoms with Crippen molar-refractivity contribution in [1.29, 1.82) is 0 Å². The molecule has 0 bridgehead atoms. The Kier molecular flexibility index (Phi) is 3.72. The van der Waals surface area contributed by atoms with E-state index in [-0.39, 0.29) is 5.82 Å². The SMILES string of the molecule is CCOC(=O)c1nc(-c2ccc(F)cc2)c(C)s1. The molecule has 0 saturated carbocycles. The zero-order chi connectivity index (χ0) is 13.1. The van der Waals surface area contributed by atoms with Crippen molar-refractivity contribution in [1.82, 2.24) is 4.98 Å². The second kappa shape index (κ2) is 5.27. The number of carbonyl (C=O) groups excluding carboxylic acids is 1. The predicted molar refractivity (Wildman–Crippen MR) is 68.2 cm³/mol. The Balaban J connectivity index is 2.34. The van der Waals surface area contributed by atoms with Crippen LogP contribution in [0.5, 0.6) is 0 Å². The van der Waals surface area contributed by atoms with Crippen LogP contribution in [-0.2, 0) is 4.74 Å². The summed E-state index contributed by atoms with van der Waals surface area (Å²) in [6.07, 6.45) is 0. The molecule has 0 saturated heterocycles. The smallest absolute Gasteiger partial charge is 0.367 e. The molecular formula is C13H12FNO2S. The minimum absolute atomic E-state index is 0.294. The topological polar surface area (TPSA) is 39.2 Å². The second-order valence-corrected chi connectivity index (χ2v) is 4.85. The van der Waals surface area contributed by atoms with E-state index in [9.17, 15) is 9.18 Å². The third kappa shape index (κ3) is 2.56. The molecule has 2 aromatic rings. The number of rotatable bonds is 3. The molecule has 1 aromatic heterocycles. The number of esters is 1. The van der Waals surface area contributed by atoms with Gasteiger partial charge in [-0.25, -0.2) is 14.2 Å². The highest BCUT2D eigenvalue weighted by Crippen LogP contribution is 2.27. The summed E-state index contributed by atoms with van der Waals surface area (Å²) in [7, 11) is 0. The number of ether oxygens (including phenoxy) is 1. The van der Waals surface area contributed by atoms with E-state index in [1.54, 1.807) is 19.1 Å². The van der Waals surface area contributed by atoms with Gasteiger partial charge in [0.05, 0.1) is 12.3 Å². The van der Waals surface area contributed by atoms with Crippen molar-refractivity contribution < 1.29 is 13.9 Å². The minimum Gasteiger partial charge on any atom is -0.461 e. The molecule has 5 heteroatoms. The maximum atomic E-state index is 12.8. The average molecular weight is 265 g/mol. The number of benzene rings is 1. The van der Waals surface area contributed by atoms with E-state index in [0.29, 0.717) is 17.3 Å². The second-order valence-electron chi connectivity index (χ2n) is 3.65. The van der Waals surface area contributed by atoms with Crippen LogP contribution >= 0.6 is 11.3 Å². The van der Waals surface area contributed by atoms with Gasteiger partial charge in [0.25, 0.3) is 0 Å². The monoisotopic (exact) mass is 265 g/mol.